The van der Waals surface area contributed by atoms with Crippen molar-refractivity contribution in [1.82, 2.24) is 10.2 Å². The number of carbonyl (C=O) groups is 1. The van der Waals surface area contributed by atoms with E-state index in [9.17, 15) is 4.79 Å². The summed E-state index contributed by atoms with van der Waals surface area (Å²) < 4.78 is 4.91. The zero-order chi connectivity index (χ0) is 9.68. The van der Waals surface area contributed by atoms with E-state index in [0.29, 0.717) is 13.2 Å². The van der Waals surface area contributed by atoms with Gasteiger partial charge in [-0.05, 0) is 19.4 Å². The smallest absolute Gasteiger partial charge is 0.239 e. The number of carbonyl (C=O) groups excluding carboxylic acids is 1. The van der Waals surface area contributed by atoms with Crippen LogP contribution in [0.4, 0.5) is 0 Å². The van der Waals surface area contributed by atoms with Gasteiger partial charge in [-0.3, -0.25) is 4.79 Å². The molecule has 0 unspecified atom stereocenters. The zero-order valence-corrected chi connectivity index (χ0v) is 9.60. The molecular weight excluding hydrogens is 204 g/mol. The van der Waals surface area contributed by atoms with Gasteiger partial charge in [0.25, 0.3) is 0 Å². The predicted molar refractivity (Wildman–Crippen MR) is 57.8 cm³/mol. The minimum atomic E-state index is 0. The van der Waals surface area contributed by atoms with Crippen molar-refractivity contribution in [3.05, 3.63) is 0 Å². The molecule has 1 saturated heterocycles. The van der Waals surface area contributed by atoms with E-state index in [1.54, 1.807) is 12.0 Å². The molecule has 1 atom stereocenters. The number of hydrogen-bond acceptors (Lipinski definition) is 3. The fourth-order valence-electron chi connectivity index (χ4n) is 1.50. The molecule has 0 aromatic rings. The van der Waals surface area contributed by atoms with Gasteiger partial charge in [0.15, 0.2) is 0 Å². The normalized spacial score (nSPS) is 20.3. The number of amides is 1. The number of hydrogen-bond donors (Lipinski definition) is 1. The van der Waals surface area contributed by atoms with Crippen LogP contribution in [0.3, 0.4) is 0 Å². The van der Waals surface area contributed by atoms with Crippen molar-refractivity contribution in [2.45, 2.75) is 18.9 Å². The van der Waals surface area contributed by atoms with Crippen LogP contribution in [0.2, 0.25) is 0 Å². The predicted octanol–water partition coefficient (Wildman–Crippen LogP) is 0.265. The average Bonchev–Trinajstić information content (AvgIpc) is 2.65. The molecule has 0 spiro atoms. The Bertz CT molecular complexity index is 172. The SMILES string of the molecule is COCCN(C)C(=O)[C@@H]1CCCN1.Cl. The lowest BCUT2D eigenvalue weighted by Gasteiger charge is -2.20. The van der Waals surface area contributed by atoms with E-state index >= 15 is 0 Å². The molecule has 0 saturated carbocycles. The Labute approximate surface area is 91.4 Å². The molecule has 5 heteroatoms. The Kier molecular flexibility index (Phi) is 6.87. The van der Waals surface area contributed by atoms with Crippen molar-refractivity contribution < 1.29 is 9.53 Å². The van der Waals surface area contributed by atoms with Crippen LogP contribution in [-0.4, -0.2) is 50.7 Å². The van der Waals surface area contributed by atoms with Gasteiger partial charge in [-0.15, -0.1) is 12.4 Å². The lowest BCUT2D eigenvalue weighted by atomic mass is 10.2. The van der Waals surface area contributed by atoms with Crippen LogP contribution in [0.5, 0.6) is 0 Å². The van der Waals surface area contributed by atoms with Crippen LogP contribution < -0.4 is 5.32 Å². The molecule has 1 N–H and O–H groups in total. The van der Waals surface area contributed by atoms with E-state index in [1.807, 2.05) is 7.05 Å². The maximum absolute atomic E-state index is 11.7. The van der Waals surface area contributed by atoms with Gasteiger partial charge in [0.2, 0.25) is 5.91 Å². The van der Waals surface area contributed by atoms with Crippen molar-refractivity contribution in [3.63, 3.8) is 0 Å². The van der Waals surface area contributed by atoms with E-state index in [1.165, 1.54) is 0 Å². The lowest BCUT2D eigenvalue weighted by Crippen LogP contribution is -2.42. The van der Waals surface area contributed by atoms with Gasteiger partial charge in [0.1, 0.15) is 0 Å². The summed E-state index contributed by atoms with van der Waals surface area (Å²) in [6.07, 6.45) is 2.07. The first kappa shape index (κ1) is 13.7. The second kappa shape index (κ2) is 7.04. The summed E-state index contributed by atoms with van der Waals surface area (Å²) in [5.41, 5.74) is 0. The number of halogens is 1. The highest BCUT2D eigenvalue weighted by molar-refractivity contribution is 5.85. The second-order valence-electron chi connectivity index (χ2n) is 3.40. The molecule has 14 heavy (non-hydrogen) atoms. The summed E-state index contributed by atoms with van der Waals surface area (Å²) in [6.45, 7) is 2.25. The topological polar surface area (TPSA) is 41.6 Å². The number of ether oxygens (including phenoxy) is 1. The monoisotopic (exact) mass is 222 g/mol. The summed E-state index contributed by atoms with van der Waals surface area (Å²) in [5.74, 6) is 0.189. The Hall–Kier alpha value is -0.320. The van der Waals surface area contributed by atoms with Crippen LogP contribution in [0.15, 0.2) is 0 Å². The molecule has 1 rings (SSSR count). The molecule has 0 bridgehead atoms. The van der Waals surface area contributed by atoms with Crippen molar-refractivity contribution in [2.75, 3.05) is 33.9 Å². The Morgan fingerprint density at radius 2 is 2.36 bits per heavy atom. The van der Waals surface area contributed by atoms with E-state index in [4.69, 9.17) is 4.74 Å². The van der Waals surface area contributed by atoms with E-state index in [-0.39, 0.29) is 24.4 Å². The Morgan fingerprint density at radius 3 is 2.86 bits per heavy atom. The maximum atomic E-state index is 11.7. The first-order valence-corrected chi connectivity index (χ1v) is 4.73. The highest BCUT2D eigenvalue weighted by atomic mass is 35.5. The fraction of sp³-hybridized carbons (Fsp3) is 0.889. The van der Waals surface area contributed by atoms with Gasteiger partial charge in [-0.2, -0.15) is 0 Å². The molecule has 1 amide bonds. The van der Waals surface area contributed by atoms with Crippen molar-refractivity contribution in [2.24, 2.45) is 0 Å². The fourth-order valence-corrected chi connectivity index (χ4v) is 1.50. The molecule has 0 aromatic heterocycles. The van der Waals surface area contributed by atoms with Crippen LogP contribution in [0, 0.1) is 0 Å². The zero-order valence-electron chi connectivity index (χ0n) is 8.78. The molecule has 1 heterocycles. The first-order valence-electron chi connectivity index (χ1n) is 4.73. The quantitative estimate of drug-likeness (QED) is 0.742. The summed E-state index contributed by atoms with van der Waals surface area (Å²) in [5, 5.41) is 3.18. The summed E-state index contributed by atoms with van der Waals surface area (Å²) in [7, 11) is 3.47. The van der Waals surface area contributed by atoms with Crippen LogP contribution in [-0.2, 0) is 9.53 Å². The summed E-state index contributed by atoms with van der Waals surface area (Å²) in [6, 6.07) is 0.0434. The molecule has 0 radical (unpaired) electrons. The van der Waals surface area contributed by atoms with Gasteiger partial charge in [-0.1, -0.05) is 0 Å². The number of methoxy groups -OCH3 is 1. The van der Waals surface area contributed by atoms with Crippen LogP contribution in [0.25, 0.3) is 0 Å². The van der Waals surface area contributed by atoms with E-state index in [0.717, 1.165) is 19.4 Å². The molecule has 0 aromatic carbocycles. The van der Waals surface area contributed by atoms with Crippen molar-refractivity contribution in [3.8, 4) is 0 Å². The van der Waals surface area contributed by atoms with Gasteiger partial charge < -0.3 is 15.0 Å². The molecule has 1 aliphatic heterocycles. The van der Waals surface area contributed by atoms with E-state index in [2.05, 4.69) is 5.32 Å². The third-order valence-electron chi connectivity index (χ3n) is 2.37. The lowest BCUT2D eigenvalue weighted by molar-refractivity contribution is -0.132. The summed E-state index contributed by atoms with van der Waals surface area (Å²) >= 11 is 0. The largest absolute Gasteiger partial charge is 0.383 e. The van der Waals surface area contributed by atoms with Gasteiger partial charge >= 0.3 is 0 Å². The highest BCUT2D eigenvalue weighted by Gasteiger charge is 2.24. The van der Waals surface area contributed by atoms with Crippen LogP contribution >= 0.6 is 12.4 Å². The van der Waals surface area contributed by atoms with Crippen molar-refractivity contribution in [1.29, 1.82) is 0 Å². The van der Waals surface area contributed by atoms with E-state index < -0.39 is 0 Å². The van der Waals surface area contributed by atoms with Gasteiger partial charge in [0.05, 0.1) is 12.6 Å². The molecule has 4 nitrogen and oxygen atoms in total. The van der Waals surface area contributed by atoms with Gasteiger partial charge in [0, 0.05) is 20.7 Å². The first-order chi connectivity index (χ1) is 6.25. The number of nitrogens with one attached hydrogen (secondary N) is 1. The third-order valence-corrected chi connectivity index (χ3v) is 2.37. The molecule has 0 aliphatic carbocycles. The maximum Gasteiger partial charge on any atom is 0.239 e. The molecular formula is C9H19ClN2O2. The highest BCUT2D eigenvalue weighted by Crippen LogP contribution is 2.07. The van der Waals surface area contributed by atoms with Crippen LogP contribution in [0.1, 0.15) is 12.8 Å². The standard InChI is InChI=1S/C9H18N2O2.ClH/c1-11(6-7-13-2)9(12)8-4-3-5-10-8;/h8,10H,3-7H2,1-2H3;1H/t8-;/m0./s1. The molecule has 1 fully saturated rings. The minimum Gasteiger partial charge on any atom is -0.383 e. The van der Waals surface area contributed by atoms with Crippen molar-refractivity contribution >= 4 is 18.3 Å². The number of nitrogens with zero attached hydrogens (tertiary/aromatic N) is 1. The third kappa shape index (κ3) is 3.82. The number of likely N-dealkylation sites (N-methyl/N-ethyl adjacent to an activating group) is 1. The Morgan fingerprint density at radius 1 is 1.64 bits per heavy atom. The molecule has 1 aliphatic rings. The number of rotatable bonds is 4. The van der Waals surface area contributed by atoms with Gasteiger partial charge in [-0.25, -0.2) is 0 Å². The summed E-state index contributed by atoms with van der Waals surface area (Å²) in [4.78, 5) is 13.4. The average molecular weight is 223 g/mol. The Balaban J connectivity index is 0.00000169. The molecule has 84 valence electrons. The minimum absolute atomic E-state index is 0. The second-order valence-corrected chi connectivity index (χ2v) is 3.40.